The zero-order valence-corrected chi connectivity index (χ0v) is 20.7. The Hall–Kier alpha value is -2.73. The number of ether oxygens (including phenoxy) is 2. The minimum Gasteiger partial charge on any atom is -0.497 e. The molecule has 1 N–H and O–H groups in total. The number of nitrogens with one attached hydrogen (secondary N) is 1. The van der Waals surface area contributed by atoms with Gasteiger partial charge in [-0.1, -0.05) is 37.6 Å². The Bertz CT molecular complexity index is 871. The van der Waals surface area contributed by atoms with Crippen LogP contribution in [0.5, 0.6) is 11.5 Å². The first kappa shape index (κ1) is 26.5. The van der Waals surface area contributed by atoms with Crippen LogP contribution in [0, 0.1) is 0 Å². The average molecular weight is 475 g/mol. The molecule has 2 atom stereocenters. The van der Waals surface area contributed by atoms with Crippen molar-refractivity contribution in [2.45, 2.75) is 65.1 Å². The maximum absolute atomic E-state index is 13.2. The summed E-state index contributed by atoms with van der Waals surface area (Å²) < 4.78 is 10.9. The van der Waals surface area contributed by atoms with E-state index in [2.05, 4.69) is 5.32 Å². The van der Waals surface area contributed by atoms with Crippen molar-refractivity contribution in [3.63, 3.8) is 0 Å². The lowest BCUT2D eigenvalue weighted by atomic mass is 10.1. The first-order valence-electron chi connectivity index (χ1n) is 11.5. The lowest BCUT2D eigenvalue weighted by Crippen LogP contribution is -2.50. The fourth-order valence-electron chi connectivity index (χ4n) is 3.38. The molecule has 0 heterocycles. The number of methoxy groups -OCH3 is 1. The van der Waals surface area contributed by atoms with Gasteiger partial charge in [0.05, 0.1) is 13.7 Å². The van der Waals surface area contributed by atoms with E-state index >= 15 is 0 Å². The number of carbonyl (C=O) groups excluding carboxylic acids is 2. The molecule has 0 aliphatic heterocycles. The maximum atomic E-state index is 13.2. The van der Waals surface area contributed by atoms with Crippen LogP contribution in [0.3, 0.4) is 0 Å². The number of nitrogens with zero attached hydrogens (tertiary/aromatic N) is 1. The Balaban J connectivity index is 2.07. The largest absolute Gasteiger partial charge is 0.497 e. The molecule has 0 saturated heterocycles. The smallest absolute Gasteiger partial charge is 0.243 e. The van der Waals surface area contributed by atoms with E-state index in [0.717, 1.165) is 17.7 Å². The molecule has 0 aliphatic carbocycles. The average Bonchev–Trinajstić information content (AvgIpc) is 2.82. The highest BCUT2D eigenvalue weighted by molar-refractivity contribution is 6.30. The van der Waals surface area contributed by atoms with Crippen molar-refractivity contribution in [1.29, 1.82) is 0 Å². The number of carbonyl (C=O) groups is 2. The quantitative estimate of drug-likeness (QED) is 0.403. The third-order valence-electron chi connectivity index (χ3n) is 5.52. The van der Waals surface area contributed by atoms with E-state index in [4.69, 9.17) is 21.1 Å². The zero-order valence-electron chi connectivity index (χ0n) is 20.0. The van der Waals surface area contributed by atoms with Crippen molar-refractivity contribution in [3.05, 3.63) is 59.1 Å². The van der Waals surface area contributed by atoms with Crippen LogP contribution in [-0.2, 0) is 16.1 Å². The zero-order chi connectivity index (χ0) is 24.2. The van der Waals surface area contributed by atoms with Gasteiger partial charge < -0.3 is 19.7 Å². The van der Waals surface area contributed by atoms with Gasteiger partial charge >= 0.3 is 0 Å². The number of benzene rings is 2. The molecule has 0 radical (unpaired) electrons. The minimum atomic E-state index is -0.536. The van der Waals surface area contributed by atoms with Crippen molar-refractivity contribution in [2.24, 2.45) is 0 Å². The molecule has 0 saturated carbocycles. The van der Waals surface area contributed by atoms with Gasteiger partial charge in [-0.2, -0.15) is 0 Å². The molecule has 2 aromatic rings. The predicted octanol–water partition coefficient (Wildman–Crippen LogP) is 5.23. The summed E-state index contributed by atoms with van der Waals surface area (Å²) in [4.78, 5) is 27.9. The number of hydrogen-bond donors (Lipinski definition) is 1. The second kappa shape index (κ2) is 13.7. The fraction of sp³-hybridized carbons (Fsp3) is 0.462. The maximum Gasteiger partial charge on any atom is 0.243 e. The van der Waals surface area contributed by atoms with Crippen molar-refractivity contribution >= 4 is 23.4 Å². The molecule has 0 bridgehead atoms. The summed E-state index contributed by atoms with van der Waals surface area (Å²) >= 11 is 5.90. The summed E-state index contributed by atoms with van der Waals surface area (Å²) in [6.45, 7) is 6.67. The normalized spacial score (nSPS) is 12.5. The lowest BCUT2D eigenvalue weighted by Gasteiger charge is -2.31. The minimum absolute atomic E-state index is 0.0530. The molecule has 0 fully saturated rings. The second-order valence-corrected chi connectivity index (χ2v) is 8.45. The summed E-state index contributed by atoms with van der Waals surface area (Å²) in [6, 6.07) is 14.2. The Labute approximate surface area is 202 Å². The van der Waals surface area contributed by atoms with E-state index in [1.165, 1.54) is 0 Å². The van der Waals surface area contributed by atoms with Gasteiger partial charge in [-0.25, -0.2) is 0 Å². The molecule has 0 aromatic heterocycles. The van der Waals surface area contributed by atoms with Crippen LogP contribution < -0.4 is 14.8 Å². The predicted molar refractivity (Wildman–Crippen MR) is 132 cm³/mol. The first-order chi connectivity index (χ1) is 15.9. The van der Waals surface area contributed by atoms with E-state index < -0.39 is 6.04 Å². The molecule has 2 unspecified atom stereocenters. The van der Waals surface area contributed by atoms with Gasteiger partial charge in [-0.05, 0) is 68.1 Å². The van der Waals surface area contributed by atoms with E-state index in [9.17, 15) is 9.59 Å². The number of hydrogen-bond acceptors (Lipinski definition) is 4. The molecule has 33 heavy (non-hydrogen) atoms. The number of amides is 2. The summed E-state index contributed by atoms with van der Waals surface area (Å²) in [7, 11) is 1.61. The highest BCUT2D eigenvalue weighted by Crippen LogP contribution is 2.19. The Morgan fingerprint density at radius 1 is 1.00 bits per heavy atom. The molecule has 2 aromatic carbocycles. The lowest BCUT2D eigenvalue weighted by molar-refractivity contribution is -0.141. The van der Waals surface area contributed by atoms with Gasteiger partial charge in [0, 0.05) is 24.0 Å². The molecule has 2 rings (SSSR count). The van der Waals surface area contributed by atoms with Gasteiger partial charge in [0.1, 0.15) is 17.5 Å². The number of halogens is 1. The highest BCUT2D eigenvalue weighted by Gasteiger charge is 2.28. The standard InChI is InChI=1S/C26H35ClN2O4/c1-5-19(3)28-26(31)24(6-2)29(18-20-9-13-22(32-4)14-10-20)25(30)8-7-17-33-23-15-11-21(27)12-16-23/h9-16,19,24H,5-8,17-18H2,1-4H3,(H,28,31). The molecule has 0 aliphatic rings. The summed E-state index contributed by atoms with van der Waals surface area (Å²) in [5, 5.41) is 3.67. The van der Waals surface area contributed by atoms with Crippen LogP contribution in [0.4, 0.5) is 0 Å². The molecule has 0 spiro atoms. The Kier molecular flexibility index (Phi) is 11.0. The van der Waals surface area contributed by atoms with Crippen molar-refractivity contribution < 1.29 is 19.1 Å². The van der Waals surface area contributed by atoms with Gasteiger partial charge in [-0.3, -0.25) is 9.59 Å². The van der Waals surface area contributed by atoms with Crippen LogP contribution in [0.1, 0.15) is 52.0 Å². The van der Waals surface area contributed by atoms with Gasteiger partial charge in [0.25, 0.3) is 0 Å². The van der Waals surface area contributed by atoms with Crippen molar-refractivity contribution in [1.82, 2.24) is 10.2 Å². The van der Waals surface area contributed by atoms with Gasteiger partial charge in [0.15, 0.2) is 0 Å². The van der Waals surface area contributed by atoms with E-state index in [-0.39, 0.29) is 24.3 Å². The van der Waals surface area contributed by atoms with Crippen LogP contribution in [0.2, 0.25) is 5.02 Å². The van der Waals surface area contributed by atoms with E-state index in [1.807, 2.05) is 45.0 Å². The van der Waals surface area contributed by atoms with Crippen LogP contribution >= 0.6 is 11.6 Å². The second-order valence-electron chi connectivity index (χ2n) is 8.02. The molecular formula is C26H35ClN2O4. The third-order valence-corrected chi connectivity index (χ3v) is 5.77. The first-order valence-corrected chi connectivity index (χ1v) is 11.9. The Morgan fingerprint density at radius 3 is 2.21 bits per heavy atom. The molecule has 2 amide bonds. The molecule has 7 heteroatoms. The third kappa shape index (κ3) is 8.61. The molecule has 180 valence electrons. The fourth-order valence-corrected chi connectivity index (χ4v) is 3.50. The van der Waals surface area contributed by atoms with Crippen molar-refractivity contribution in [2.75, 3.05) is 13.7 Å². The monoisotopic (exact) mass is 474 g/mol. The topological polar surface area (TPSA) is 67.9 Å². The molecular weight excluding hydrogens is 440 g/mol. The van der Waals surface area contributed by atoms with Crippen molar-refractivity contribution in [3.8, 4) is 11.5 Å². The summed E-state index contributed by atoms with van der Waals surface area (Å²) in [6.07, 6.45) is 2.20. The van der Waals surface area contributed by atoms with E-state index in [0.29, 0.717) is 36.8 Å². The highest BCUT2D eigenvalue weighted by atomic mass is 35.5. The van der Waals surface area contributed by atoms with Gasteiger partial charge in [-0.15, -0.1) is 0 Å². The van der Waals surface area contributed by atoms with Crippen LogP contribution in [0.25, 0.3) is 0 Å². The van der Waals surface area contributed by atoms with Crippen LogP contribution in [0.15, 0.2) is 48.5 Å². The van der Waals surface area contributed by atoms with Gasteiger partial charge in [0.2, 0.25) is 11.8 Å². The number of rotatable bonds is 13. The summed E-state index contributed by atoms with van der Waals surface area (Å²) in [5.74, 6) is 1.27. The summed E-state index contributed by atoms with van der Waals surface area (Å²) in [5.41, 5.74) is 0.941. The van der Waals surface area contributed by atoms with Crippen LogP contribution in [-0.4, -0.2) is 42.5 Å². The Morgan fingerprint density at radius 2 is 1.64 bits per heavy atom. The van der Waals surface area contributed by atoms with E-state index in [1.54, 1.807) is 36.3 Å². The molecule has 6 nitrogen and oxygen atoms in total. The SMILES string of the molecule is CCC(C)NC(=O)C(CC)N(Cc1ccc(OC)cc1)C(=O)CCCOc1ccc(Cl)cc1.